The maximum absolute atomic E-state index is 13.3. The molecule has 0 atom stereocenters. The fraction of sp³-hybridized carbons (Fsp3) is 0.400. The molecule has 1 aliphatic rings. The van der Waals surface area contributed by atoms with E-state index >= 15 is 0 Å². The Morgan fingerprint density at radius 3 is 2.35 bits per heavy atom. The number of amides is 2. The van der Waals surface area contributed by atoms with E-state index in [1.165, 1.54) is 12.1 Å². The van der Waals surface area contributed by atoms with Crippen molar-refractivity contribution < 1.29 is 14.0 Å². The molecule has 1 aliphatic carbocycles. The minimum Gasteiger partial charge on any atom is -0.355 e. The standard InChI is InChI=1S/C25H28FN3O2/c26-21-11-9-20(10-12-21)25(15-4-5-16-25)19-28-23(30)13-14-24(31)29(18-6-17-27)22-7-2-1-3-8-22/h1-3,7-12H,4-6,13-16,18-19H2,(H,28,30). The maximum Gasteiger partial charge on any atom is 0.227 e. The zero-order chi connectivity index (χ0) is 22.1. The highest BCUT2D eigenvalue weighted by Crippen LogP contribution is 2.40. The van der Waals surface area contributed by atoms with E-state index in [0.29, 0.717) is 13.1 Å². The molecule has 1 N–H and O–H groups in total. The molecule has 0 aliphatic heterocycles. The number of hydrogen-bond acceptors (Lipinski definition) is 3. The second-order valence-corrected chi connectivity index (χ2v) is 8.06. The first kappa shape index (κ1) is 22.5. The molecule has 162 valence electrons. The van der Waals surface area contributed by atoms with Crippen LogP contribution in [0.1, 0.15) is 50.5 Å². The van der Waals surface area contributed by atoms with Crippen LogP contribution in [0.3, 0.4) is 0 Å². The topological polar surface area (TPSA) is 73.2 Å². The summed E-state index contributed by atoms with van der Waals surface area (Å²) in [5, 5.41) is 11.9. The molecule has 0 bridgehead atoms. The molecule has 0 unspecified atom stereocenters. The van der Waals surface area contributed by atoms with E-state index in [1.807, 2.05) is 42.5 Å². The monoisotopic (exact) mass is 421 g/mol. The molecule has 3 rings (SSSR count). The lowest BCUT2D eigenvalue weighted by molar-refractivity contribution is -0.125. The quantitative estimate of drug-likeness (QED) is 0.649. The van der Waals surface area contributed by atoms with Gasteiger partial charge in [0.05, 0.1) is 12.5 Å². The summed E-state index contributed by atoms with van der Waals surface area (Å²) < 4.78 is 13.3. The van der Waals surface area contributed by atoms with Crippen LogP contribution in [0.15, 0.2) is 54.6 Å². The van der Waals surface area contributed by atoms with Crippen LogP contribution in [0.5, 0.6) is 0 Å². The average molecular weight is 422 g/mol. The predicted molar refractivity (Wildman–Crippen MR) is 118 cm³/mol. The van der Waals surface area contributed by atoms with Crippen LogP contribution < -0.4 is 10.2 Å². The molecule has 0 heterocycles. The van der Waals surface area contributed by atoms with Crippen molar-refractivity contribution in [1.82, 2.24) is 5.32 Å². The molecule has 2 amide bonds. The van der Waals surface area contributed by atoms with Gasteiger partial charge in [-0.15, -0.1) is 0 Å². The number of halogens is 1. The number of nitrogens with zero attached hydrogens (tertiary/aromatic N) is 2. The van der Waals surface area contributed by atoms with Crippen molar-refractivity contribution in [2.24, 2.45) is 0 Å². The van der Waals surface area contributed by atoms with Crippen molar-refractivity contribution >= 4 is 17.5 Å². The van der Waals surface area contributed by atoms with Gasteiger partial charge in [-0.3, -0.25) is 9.59 Å². The van der Waals surface area contributed by atoms with Crippen molar-refractivity contribution in [2.75, 3.05) is 18.0 Å². The van der Waals surface area contributed by atoms with Crippen molar-refractivity contribution in [3.05, 3.63) is 66.0 Å². The molecule has 0 aromatic heterocycles. The average Bonchev–Trinajstić information content (AvgIpc) is 3.28. The summed E-state index contributed by atoms with van der Waals surface area (Å²) in [7, 11) is 0. The fourth-order valence-corrected chi connectivity index (χ4v) is 4.30. The number of para-hydroxylation sites is 1. The lowest BCUT2D eigenvalue weighted by Gasteiger charge is -2.30. The Kier molecular flexibility index (Phi) is 7.77. The number of hydrogen-bond donors (Lipinski definition) is 1. The number of carbonyl (C=O) groups is 2. The molecule has 6 heteroatoms. The summed E-state index contributed by atoms with van der Waals surface area (Å²) in [6, 6.07) is 17.8. The van der Waals surface area contributed by atoms with Gasteiger partial charge in [0.2, 0.25) is 11.8 Å². The summed E-state index contributed by atoms with van der Waals surface area (Å²) in [4.78, 5) is 26.8. The second kappa shape index (κ2) is 10.7. The van der Waals surface area contributed by atoms with E-state index in [-0.39, 0.29) is 42.3 Å². The Hall–Kier alpha value is -3.20. The van der Waals surface area contributed by atoms with Crippen molar-refractivity contribution in [1.29, 1.82) is 5.26 Å². The highest BCUT2D eigenvalue weighted by atomic mass is 19.1. The van der Waals surface area contributed by atoms with Crippen LogP contribution >= 0.6 is 0 Å². The van der Waals surface area contributed by atoms with Crippen molar-refractivity contribution in [3.63, 3.8) is 0 Å². The molecule has 0 radical (unpaired) electrons. The summed E-state index contributed by atoms with van der Waals surface area (Å²) in [6.07, 6.45) is 4.46. The molecular formula is C25H28FN3O2. The van der Waals surface area contributed by atoms with Gasteiger partial charge in [0.15, 0.2) is 0 Å². The SMILES string of the molecule is N#CCCN(C(=O)CCC(=O)NCC1(c2ccc(F)cc2)CCCC1)c1ccccc1. The van der Waals surface area contributed by atoms with Crippen molar-refractivity contribution in [3.8, 4) is 6.07 Å². The maximum atomic E-state index is 13.3. The number of nitriles is 1. The number of rotatable bonds is 9. The molecular weight excluding hydrogens is 393 g/mol. The van der Waals surface area contributed by atoms with Gasteiger partial charge in [0, 0.05) is 37.0 Å². The molecule has 31 heavy (non-hydrogen) atoms. The number of carbonyl (C=O) groups excluding carboxylic acids is 2. The van der Waals surface area contributed by atoms with Crippen LogP contribution in [0.4, 0.5) is 10.1 Å². The van der Waals surface area contributed by atoms with Gasteiger partial charge in [0.1, 0.15) is 5.82 Å². The Balaban J connectivity index is 1.56. The summed E-state index contributed by atoms with van der Waals surface area (Å²) >= 11 is 0. The van der Waals surface area contributed by atoms with Gasteiger partial charge >= 0.3 is 0 Å². The Morgan fingerprint density at radius 1 is 1.03 bits per heavy atom. The van der Waals surface area contributed by atoms with E-state index in [1.54, 1.807) is 4.90 Å². The van der Waals surface area contributed by atoms with E-state index in [0.717, 1.165) is 36.9 Å². The van der Waals surface area contributed by atoms with Crippen molar-refractivity contribution in [2.45, 2.75) is 50.4 Å². The highest BCUT2D eigenvalue weighted by Gasteiger charge is 2.35. The first-order valence-corrected chi connectivity index (χ1v) is 10.8. The van der Waals surface area contributed by atoms with Crippen LogP contribution in [0.25, 0.3) is 0 Å². The van der Waals surface area contributed by atoms with Crippen LogP contribution in [0.2, 0.25) is 0 Å². The molecule has 0 spiro atoms. The first-order chi connectivity index (χ1) is 15.0. The largest absolute Gasteiger partial charge is 0.355 e. The van der Waals surface area contributed by atoms with Gasteiger partial charge in [-0.25, -0.2) is 4.39 Å². The minimum absolute atomic E-state index is 0.0791. The summed E-state index contributed by atoms with van der Waals surface area (Å²) in [5.41, 5.74) is 1.61. The number of nitrogens with one attached hydrogen (secondary N) is 1. The zero-order valence-corrected chi connectivity index (χ0v) is 17.6. The third-order valence-electron chi connectivity index (χ3n) is 6.02. The molecule has 2 aromatic carbocycles. The minimum atomic E-state index is -0.265. The van der Waals surface area contributed by atoms with Gasteiger partial charge in [-0.05, 0) is 42.7 Å². The predicted octanol–water partition coefficient (Wildman–Crippen LogP) is 4.48. The third kappa shape index (κ3) is 5.91. The zero-order valence-electron chi connectivity index (χ0n) is 17.6. The molecule has 1 saturated carbocycles. The van der Waals surface area contributed by atoms with E-state index in [2.05, 4.69) is 11.4 Å². The van der Waals surface area contributed by atoms with Crippen LogP contribution in [-0.4, -0.2) is 24.9 Å². The summed E-state index contributed by atoms with van der Waals surface area (Å²) in [6.45, 7) is 0.789. The van der Waals surface area contributed by atoms with Gasteiger partial charge < -0.3 is 10.2 Å². The van der Waals surface area contributed by atoms with Gasteiger partial charge in [-0.2, -0.15) is 5.26 Å². The summed E-state index contributed by atoms with van der Waals surface area (Å²) in [5.74, 6) is -0.612. The first-order valence-electron chi connectivity index (χ1n) is 10.8. The molecule has 0 saturated heterocycles. The Bertz CT molecular complexity index is 916. The van der Waals surface area contributed by atoms with Crippen LogP contribution in [0, 0.1) is 17.1 Å². The number of anilines is 1. The molecule has 1 fully saturated rings. The van der Waals surface area contributed by atoms with E-state index in [9.17, 15) is 14.0 Å². The molecule has 5 nitrogen and oxygen atoms in total. The third-order valence-corrected chi connectivity index (χ3v) is 6.02. The van der Waals surface area contributed by atoms with E-state index < -0.39 is 0 Å². The van der Waals surface area contributed by atoms with Gasteiger partial charge in [-0.1, -0.05) is 43.2 Å². The Morgan fingerprint density at radius 2 is 1.71 bits per heavy atom. The van der Waals surface area contributed by atoms with E-state index in [4.69, 9.17) is 5.26 Å². The fourth-order valence-electron chi connectivity index (χ4n) is 4.30. The second-order valence-electron chi connectivity index (χ2n) is 8.06. The normalized spacial score (nSPS) is 14.6. The highest BCUT2D eigenvalue weighted by molar-refractivity contribution is 5.95. The Labute approximate surface area is 182 Å². The smallest absolute Gasteiger partial charge is 0.227 e. The lowest BCUT2D eigenvalue weighted by atomic mass is 9.79. The molecule has 2 aromatic rings. The lowest BCUT2D eigenvalue weighted by Crippen LogP contribution is -2.39. The van der Waals surface area contributed by atoms with Crippen LogP contribution in [-0.2, 0) is 15.0 Å². The number of benzene rings is 2. The van der Waals surface area contributed by atoms with Gasteiger partial charge in [0.25, 0.3) is 0 Å².